The lowest BCUT2D eigenvalue weighted by Gasteiger charge is -2.65. The van der Waals surface area contributed by atoms with E-state index in [0.29, 0.717) is 43.5 Å². The first-order valence-electron chi connectivity index (χ1n) is 15.9. The molecule has 5 heteroatoms. The maximum atomic E-state index is 11.3. The second-order valence-electron chi connectivity index (χ2n) is 13.8. The predicted octanol–water partition coefficient (Wildman–Crippen LogP) is 6.96. The minimum absolute atomic E-state index is 0. The molecule has 5 nitrogen and oxygen atoms in total. The summed E-state index contributed by atoms with van der Waals surface area (Å²) in [5.41, 5.74) is 1.50. The molecular weight excluding hydrogens is 476 g/mol. The molecule has 0 bridgehead atoms. The Balaban J connectivity index is 0.00000400. The van der Waals surface area contributed by atoms with Crippen LogP contribution in [-0.4, -0.2) is 48.4 Å². The second kappa shape index (κ2) is 12.6. The highest BCUT2D eigenvalue weighted by molar-refractivity contribution is 5.32. The van der Waals surface area contributed by atoms with Gasteiger partial charge in [0.05, 0.1) is 6.10 Å². The largest absolute Gasteiger partial charge is 0.412 e. The third-order valence-corrected chi connectivity index (χ3v) is 11.6. The second-order valence-corrected chi connectivity index (χ2v) is 13.8. The SMILES string of the molecule is CCOC1[C@H](O)CC2=CC[C@H]3[C@@H]4CC[C@H]([C@H](C)CCCC(C)C)[C@@]4(C)CC[C@@H]3[C@@]2(C)C1(OCC)OCC.O. The van der Waals surface area contributed by atoms with Crippen LogP contribution in [0.1, 0.15) is 113 Å². The molecule has 9 atom stereocenters. The summed E-state index contributed by atoms with van der Waals surface area (Å²) in [7, 11) is 0. The molecule has 38 heavy (non-hydrogen) atoms. The van der Waals surface area contributed by atoms with Crippen LogP contribution < -0.4 is 0 Å². The number of aliphatic hydroxyl groups is 1. The Bertz CT molecular complexity index is 788. The molecule has 0 aromatic carbocycles. The van der Waals surface area contributed by atoms with Crippen LogP contribution in [0.4, 0.5) is 0 Å². The van der Waals surface area contributed by atoms with Crippen LogP contribution in [0.2, 0.25) is 0 Å². The number of rotatable bonds is 11. The third kappa shape index (κ3) is 5.06. The van der Waals surface area contributed by atoms with Gasteiger partial charge in [-0.05, 0) is 100 Å². The molecule has 4 rings (SSSR count). The van der Waals surface area contributed by atoms with Gasteiger partial charge in [-0.25, -0.2) is 0 Å². The minimum atomic E-state index is -0.949. The molecule has 4 aliphatic rings. The zero-order chi connectivity index (χ0) is 27.0. The zero-order valence-corrected chi connectivity index (χ0v) is 25.9. The maximum absolute atomic E-state index is 11.3. The Morgan fingerprint density at radius 2 is 1.63 bits per heavy atom. The van der Waals surface area contributed by atoms with Gasteiger partial charge >= 0.3 is 0 Å². The van der Waals surface area contributed by atoms with E-state index in [9.17, 15) is 5.11 Å². The van der Waals surface area contributed by atoms with Gasteiger partial charge in [-0.15, -0.1) is 0 Å². The van der Waals surface area contributed by atoms with Gasteiger partial charge in [-0.3, -0.25) is 0 Å². The highest BCUT2D eigenvalue weighted by atomic mass is 16.7. The van der Waals surface area contributed by atoms with Crippen molar-refractivity contribution in [3.8, 4) is 0 Å². The Hall–Kier alpha value is -0.460. The van der Waals surface area contributed by atoms with E-state index < -0.39 is 18.0 Å². The number of allylic oxidation sites excluding steroid dienone is 1. The van der Waals surface area contributed by atoms with Gasteiger partial charge in [0, 0.05) is 25.2 Å². The molecule has 1 unspecified atom stereocenters. The van der Waals surface area contributed by atoms with Gasteiger partial charge in [0.2, 0.25) is 5.79 Å². The molecular formula is C33H60O5. The minimum Gasteiger partial charge on any atom is -0.412 e. The molecule has 0 heterocycles. The Morgan fingerprint density at radius 3 is 2.24 bits per heavy atom. The summed E-state index contributed by atoms with van der Waals surface area (Å²) in [5, 5.41) is 11.3. The van der Waals surface area contributed by atoms with Gasteiger partial charge in [-0.2, -0.15) is 0 Å². The lowest BCUT2D eigenvalue weighted by Crippen LogP contribution is -2.71. The lowest BCUT2D eigenvalue weighted by molar-refractivity contribution is -0.369. The van der Waals surface area contributed by atoms with E-state index in [1.165, 1.54) is 50.5 Å². The van der Waals surface area contributed by atoms with Crippen LogP contribution in [0.3, 0.4) is 0 Å². The quantitative estimate of drug-likeness (QED) is 0.229. The van der Waals surface area contributed by atoms with Crippen molar-refractivity contribution in [3.05, 3.63) is 11.6 Å². The van der Waals surface area contributed by atoms with E-state index in [0.717, 1.165) is 30.1 Å². The van der Waals surface area contributed by atoms with Gasteiger partial charge in [0.15, 0.2) is 0 Å². The molecule has 0 spiro atoms. The average molecular weight is 537 g/mol. The van der Waals surface area contributed by atoms with Crippen LogP contribution in [0, 0.1) is 46.3 Å². The first kappa shape index (κ1) is 32.1. The number of hydrogen-bond donors (Lipinski definition) is 1. The first-order chi connectivity index (χ1) is 17.6. The van der Waals surface area contributed by atoms with Gasteiger partial charge in [-0.1, -0.05) is 65.5 Å². The Labute approximate surface area is 233 Å². The van der Waals surface area contributed by atoms with Crippen LogP contribution >= 0.6 is 0 Å². The predicted molar refractivity (Wildman–Crippen MR) is 155 cm³/mol. The fourth-order valence-corrected chi connectivity index (χ4v) is 10.1. The molecule has 222 valence electrons. The van der Waals surface area contributed by atoms with Crippen molar-refractivity contribution < 1.29 is 24.8 Å². The summed E-state index contributed by atoms with van der Waals surface area (Å²) < 4.78 is 19.7. The van der Waals surface area contributed by atoms with E-state index in [1.807, 2.05) is 6.92 Å². The maximum Gasteiger partial charge on any atom is 0.206 e. The number of hydrogen-bond acceptors (Lipinski definition) is 4. The summed E-state index contributed by atoms with van der Waals surface area (Å²) in [6, 6.07) is 0. The summed E-state index contributed by atoms with van der Waals surface area (Å²) >= 11 is 0. The molecule has 3 fully saturated rings. The normalized spacial score (nSPS) is 40.5. The highest BCUT2D eigenvalue weighted by Gasteiger charge is 2.70. The topological polar surface area (TPSA) is 79.4 Å². The number of fused-ring (bicyclic) bond motifs is 5. The smallest absolute Gasteiger partial charge is 0.206 e. The molecule has 0 saturated heterocycles. The van der Waals surface area contributed by atoms with E-state index >= 15 is 0 Å². The fourth-order valence-electron chi connectivity index (χ4n) is 10.1. The van der Waals surface area contributed by atoms with Gasteiger partial charge in [0.25, 0.3) is 0 Å². The summed E-state index contributed by atoms with van der Waals surface area (Å²) in [5.74, 6) is 3.42. The summed E-state index contributed by atoms with van der Waals surface area (Å²) in [4.78, 5) is 0. The molecule has 0 radical (unpaired) electrons. The lowest BCUT2D eigenvalue weighted by atomic mass is 9.45. The molecule has 0 aliphatic heterocycles. The van der Waals surface area contributed by atoms with Crippen LogP contribution in [0.25, 0.3) is 0 Å². The van der Waals surface area contributed by atoms with Crippen LogP contribution in [0.15, 0.2) is 11.6 Å². The fraction of sp³-hybridized carbons (Fsp3) is 0.939. The van der Waals surface area contributed by atoms with Crippen molar-refractivity contribution in [1.82, 2.24) is 0 Å². The Kier molecular flexibility index (Phi) is 10.6. The van der Waals surface area contributed by atoms with Crippen molar-refractivity contribution in [3.63, 3.8) is 0 Å². The van der Waals surface area contributed by atoms with Crippen molar-refractivity contribution in [2.24, 2.45) is 46.3 Å². The summed E-state index contributed by atoms with van der Waals surface area (Å²) in [6.45, 7) is 20.1. The summed E-state index contributed by atoms with van der Waals surface area (Å²) in [6.07, 6.45) is 12.6. The van der Waals surface area contributed by atoms with E-state index in [2.05, 4.69) is 54.5 Å². The monoisotopic (exact) mass is 536 g/mol. The molecule has 0 aromatic heterocycles. The zero-order valence-electron chi connectivity index (χ0n) is 25.9. The third-order valence-electron chi connectivity index (χ3n) is 11.6. The standard InChI is InChI=1S/C33H58O4.H2O/c1-9-35-30-29(34)21-24-15-16-25-27-18-17-26(23(6)14-12-13-22(4)5)31(27,7)20-19-28(25)32(24,8)33(30,36-10-2)37-11-3;/h15,22-23,25-30,34H,9-14,16-21H2,1-8H3;1H2/t23-,25+,26-,27+,28+,29-,30?,31-,32+;/m1./s1. The first-order valence-corrected chi connectivity index (χ1v) is 15.9. The number of aliphatic hydroxyl groups excluding tert-OH is 1. The average Bonchev–Trinajstić information content (AvgIpc) is 3.20. The van der Waals surface area contributed by atoms with Crippen molar-refractivity contribution in [1.29, 1.82) is 0 Å². The van der Waals surface area contributed by atoms with Crippen molar-refractivity contribution in [2.45, 2.75) is 131 Å². The molecule has 0 amide bonds. The Morgan fingerprint density at radius 1 is 0.947 bits per heavy atom. The molecule has 0 aromatic rings. The van der Waals surface area contributed by atoms with E-state index in [4.69, 9.17) is 14.2 Å². The molecule has 3 N–H and O–H groups in total. The van der Waals surface area contributed by atoms with E-state index in [-0.39, 0.29) is 10.9 Å². The number of ether oxygens (including phenoxy) is 3. The van der Waals surface area contributed by atoms with E-state index in [1.54, 1.807) is 0 Å². The molecule has 4 aliphatic carbocycles. The van der Waals surface area contributed by atoms with Crippen molar-refractivity contribution in [2.75, 3.05) is 19.8 Å². The van der Waals surface area contributed by atoms with Crippen LogP contribution in [0.5, 0.6) is 0 Å². The van der Waals surface area contributed by atoms with Crippen molar-refractivity contribution >= 4 is 0 Å². The van der Waals surface area contributed by atoms with Gasteiger partial charge in [0.1, 0.15) is 6.10 Å². The van der Waals surface area contributed by atoms with Gasteiger partial charge < -0.3 is 24.8 Å². The molecule has 3 saturated carbocycles. The van der Waals surface area contributed by atoms with Crippen LogP contribution in [-0.2, 0) is 14.2 Å². The highest BCUT2D eigenvalue weighted by Crippen LogP contribution is 2.69.